The Kier molecular flexibility index (Phi) is 5.14. The third kappa shape index (κ3) is 4.07. The van der Waals surface area contributed by atoms with Gasteiger partial charge in [-0.05, 0) is 37.9 Å². The number of aromatic nitrogens is 1. The molecule has 100 valence electrons. The molecule has 1 aliphatic carbocycles. The molecule has 1 atom stereocenters. The molecular formula is C15H25N3. The van der Waals surface area contributed by atoms with Crippen LogP contribution in [0.1, 0.15) is 37.8 Å². The van der Waals surface area contributed by atoms with Gasteiger partial charge in [-0.15, -0.1) is 0 Å². The zero-order chi connectivity index (χ0) is 12.8. The zero-order valence-electron chi connectivity index (χ0n) is 11.4. The molecule has 2 rings (SSSR count). The Labute approximate surface area is 110 Å². The average molecular weight is 247 g/mol. The molecule has 0 aromatic carbocycles. The first-order valence-electron chi connectivity index (χ1n) is 7.10. The van der Waals surface area contributed by atoms with E-state index in [2.05, 4.69) is 23.0 Å². The summed E-state index contributed by atoms with van der Waals surface area (Å²) in [5, 5.41) is 0. The number of likely N-dealkylation sites (N-methyl/N-ethyl adjacent to an activating group) is 1. The lowest BCUT2D eigenvalue weighted by Gasteiger charge is -2.30. The monoisotopic (exact) mass is 247 g/mol. The van der Waals surface area contributed by atoms with E-state index >= 15 is 0 Å². The molecule has 1 saturated carbocycles. The van der Waals surface area contributed by atoms with E-state index in [-0.39, 0.29) is 0 Å². The Morgan fingerprint density at radius 1 is 1.33 bits per heavy atom. The van der Waals surface area contributed by atoms with E-state index in [4.69, 9.17) is 5.73 Å². The van der Waals surface area contributed by atoms with Crippen LogP contribution in [-0.4, -0.2) is 29.5 Å². The van der Waals surface area contributed by atoms with Gasteiger partial charge < -0.3 is 5.73 Å². The molecule has 0 amide bonds. The number of rotatable bonds is 5. The SMILES string of the molecule is CN(Cc1ccccn1)CC(N)C1CCCCC1. The van der Waals surface area contributed by atoms with E-state index in [1.165, 1.54) is 32.1 Å². The van der Waals surface area contributed by atoms with Crippen molar-refractivity contribution in [1.29, 1.82) is 0 Å². The van der Waals surface area contributed by atoms with Crippen molar-refractivity contribution in [2.24, 2.45) is 11.7 Å². The number of hydrogen-bond acceptors (Lipinski definition) is 3. The average Bonchev–Trinajstić information content (AvgIpc) is 2.40. The molecule has 2 N–H and O–H groups in total. The maximum absolute atomic E-state index is 6.34. The molecule has 0 radical (unpaired) electrons. The molecule has 1 aromatic rings. The van der Waals surface area contributed by atoms with Crippen molar-refractivity contribution in [2.75, 3.05) is 13.6 Å². The first-order valence-corrected chi connectivity index (χ1v) is 7.10. The maximum Gasteiger partial charge on any atom is 0.0543 e. The standard InChI is InChI=1S/C15H25N3/c1-18(11-14-9-5-6-10-17-14)12-15(16)13-7-3-2-4-8-13/h5-6,9-10,13,15H,2-4,7-8,11-12,16H2,1H3. The van der Waals surface area contributed by atoms with Gasteiger partial charge in [-0.2, -0.15) is 0 Å². The Balaban J connectivity index is 1.77. The van der Waals surface area contributed by atoms with E-state index in [1.807, 2.05) is 18.3 Å². The summed E-state index contributed by atoms with van der Waals surface area (Å²) in [7, 11) is 2.14. The van der Waals surface area contributed by atoms with Crippen LogP contribution in [0.5, 0.6) is 0 Å². The van der Waals surface area contributed by atoms with Crippen molar-refractivity contribution in [3.63, 3.8) is 0 Å². The molecule has 1 aliphatic rings. The molecule has 0 aliphatic heterocycles. The quantitative estimate of drug-likeness (QED) is 0.869. The van der Waals surface area contributed by atoms with Crippen LogP contribution in [0, 0.1) is 5.92 Å². The van der Waals surface area contributed by atoms with Crippen molar-refractivity contribution in [2.45, 2.75) is 44.7 Å². The molecule has 1 unspecified atom stereocenters. The van der Waals surface area contributed by atoms with Crippen molar-refractivity contribution < 1.29 is 0 Å². The van der Waals surface area contributed by atoms with Crippen LogP contribution in [0.2, 0.25) is 0 Å². The number of pyridine rings is 1. The van der Waals surface area contributed by atoms with Crippen molar-refractivity contribution >= 4 is 0 Å². The molecule has 0 saturated heterocycles. The Morgan fingerprint density at radius 2 is 2.11 bits per heavy atom. The Morgan fingerprint density at radius 3 is 2.78 bits per heavy atom. The highest BCUT2D eigenvalue weighted by Gasteiger charge is 2.21. The van der Waals surface area contributed by atoms with E-state index in [9.17, 15) is 0 Å². The van der Waals surface area contributed by atoms with Gasteiger partial charge >= 0.3 is 0 Å². The van der Waals surface area contributed by atoms with Gasteiger partial charge in [0.05, 0.1) is 5.69 Å². The fourth-order valence-electron chi connectivity index (χ4n) is 2.90. The van der Waals surface area contributed by atoms with Crippen molar-refractivity contribution in [1.82, 2.24) is 9.88 Å². The molecular weight excluding hydrogens is 222 g/mol. The number of nitrogens with zero attached hydrogens (tertiary/aromatic N) is 2. The highest BCUT2D eigenvalue weighted by molar-refractivity contribution is 5.03. The summed E-state index contributed by atoms with van der Waals surface area (Å²) in [5.74, 6) is 0.727. The minimum Gasteiger partial charge on any atom is -0.326 e. The first kappa shape index (κ1) is 13.5. The van der Waals surface area contributed by atoms with E-state index in [0.29, 0.717) is 6.04 Å². The van der Waals surface area contributed by atoms with Crippen LogP contribution < -0.4 is 5.73 Å². The highest BCUT2D eigenvalue weighted by atomic mass is 15.1. The van der Waals surface area contributed by atoms with Crippen LogP contribution in [0.3, 0.4) is 0 Å². The predicted molar refractivity (Wildman–Crippen MR) is 75.1 cm³/mol. The summed E-state index contributed by atoms with van der Waals surface area (Å²) in [6.07, 6.45) is 8.61. The first-order chi connectivity index (χ1) is 8.75. The summed E-state index contributed by atoms with van der Waals surface area (Å²) >= 11 is 0. The smallest absolute Gasteiger partial charge is 0.0543 e. The summed E-state index contributed by atoms with van der Waals surface area (Å²) in [6.45, 7) is 1.86. The minimum absolute atomic E-state index is 0.319. The molecule has 3 nitrogen and oxygen atoms in total. The second-order valence-corrected chi connectivity index (χ2v) is 5.58. The van der Waals surface area contributed by atoms with Gasteiger partial charge in [0, 0.05) is 25.3 Å². The third-order valence-electron chi connectivity index (χ3n) is 3.94. The molecule has 18 heavy (non-hydrogen) atoms. The lowest BCUT2D eigenvalue weighted by Crippen LogP contribution is -2.41. The fraction of sp³-hybridized carbons (Fsp3) is 0.667. The van der Waals surface area contributed by atoms with E-state index < -0.39 is 0 Å². The summed E-state index contributed by atoms with van der Waals surface area (Å²) < 4.78 is 0. The second-order valence-electron chi connectivity index (χ2n) is 5.58. The fourth-order valence-corrected chi connectivity index (χ4v) is 2.90. The Bertz CT molecular complexity index is 333. The number of hydrogen-bond donors (Lipinski definition) is 1. The molecule has 1 heterocycles. The van der Waals surface area contributed by atoms with Crippen LogP contribution in [-0.2, 0) is 6.54 Å². The third-order valence-corrected chi connectivity index (χ3v) is 3.94. The van der Waals surface area contributed by atoms with Crippen LogP contribution in [0.25, 0.3) is 0 Å². The van der Waals surface area contributed by atoms with Gasteiger partial charge in [-0.25, -0.2) is 0 Å². The largest absolute Gasteiger partial charge is 0.326 e. The van der Waals surface area contributed by atoms with E-state index in [0.717, 1.165) is 24.7 Å². The predicted octanol–water partition coefficient (Wildman–Crippen LogP) is 2.42. The van der Waals surface area contributed by atoms with Crippen molar-refractivity contribution in [3.8, 4) is 0 Å². The Hall–Kier alpha value is -0.930. The normalized spacial score (nSPS) is 19.1. The lowest BCUT2D eigenvalue weighted by atomic mass is 9.84. The molecule has 3 heteroatoms. The molecule has 0 spiro atoms. The molecule has 1 fully saturated rings. The van der Waals surface area contributed by atoms with Crippen LogP contribution in [0.4, 0.5) is 0 Å². The minimum atomic E-state index is 0.319. The summed E-state index contributed by atoms with van der Waals surface area (Å²) in [4.78, 5) is 6.65. The van der Waals surface area contributed by atoms with Gasteiger partial charge in [0.2, 0.25) is 0 Å². The van der Waals surface area contributed by atoms with Gasteiger partial charge in [-0.1, -0.05) is 25.3 Å². The summed E-state index contributed by atoms with van der Waals surface area (Å²) in [6, 6.07) is 6.39. The zero-order valence-corrected chi connectivity index (χ0v) is 11.4. The van der Waals surface area contributed by atoms with Gasteiger partial charge in [-0.3, -0.25) is 9.88 Å². The van der Waals surface area contributed by atoms with Crippen molar-refractivity contribution in [3.05, 3.63) is 30.1 Å². The van der Waals surface area contributed by atoms with E-state index in [1.54, 1.807) is 0 Å². The van der Waals surface area contributed by atoms with Gasteiger partial charge in [0.1, 0.15) is 0 Å². The van der Waals surface area contributed by atoms with Crippen LogP contribution >= 0.6 is 0 Å². The number of nitrogens with two attached hydrogens (primary N) is 1. The topological polar surface area (TPSA) is 42.2 Å². The van der Waals surface area contributed by atoms with Crippen LogP contribution in [0.15, 0.2) is 24.4 Å². The summed E-state index contributed by atoms with van der Waals surface area (Å²) in [5.41, 5.74) is 7.46. The second kappa shape index (κ2) is 6.86. The van der Waals surface area contributed by atoms with Gasteiger partial charge in [0.25, 0.3) is 0 Å². The molecule has 1 aromatic heterocycles. The highest BCUT2D eigenvalue weighted by Crippen LogP contribution is 2.25. The lowest BCUT2D eigenvalue weighted by molar-refractivity contribution is 0.227. The molecule has 0 bridgehead atoms. The van der Waals surface area contributed by atoms with Gasteiger partial charge in [0.15, 0.2) is 0 Å². The maximum atomic E-state index is 6.34.